The number of hydrogen-bond donors (Lipinski definition) is 0. The molecule has 0 saturated carbocycles. The minimum Gasteiger partial charge on any atom is 0 e. The van der Waals surface area contributed by atoms with Crippen LogP contribution in [0.1, 0.15) is 0 Å². The Labute approximate surface area is 102 Å². The fourth-order valence-electron chi connectivity index (χ4n) is 0. The van der Waals surface area contributed by atoms with Gasteiger partial charge >= 0.3 is 0 Å². The molecule has 5 heavy (non-hydrogen) atoms. The second-order valence-electron chi connectivity index (χ2n) is 0. The van der Waals surface area contributed by atoms with Crippen LogP contribution in [0.25, 0.3) is 0 Å². The Morgan fingerprint density at radius 1 is 0.400 bits per heavy atom. The van der Waals surface area contributed by atoms with Gasteiger partial charge in [0.15, 0.2) is 0 Å². The number of rotatable bonds is 0. The van der Waals surface area contributed by atoms with Crippen LogP contribution < -0.4 is 0 Å². The predicted octanol–water partition coefficient (Wildman–Crippen LogP) is -1.90. The van der Waals surface area contributed by atoms with Gasteiger partial charge in [-0.05, 0) is 0 Å². The quantitative estimate of drug-likeness (QED) is 0.268. The van der Waals surface area contributed by atoms with Crippen LogP contribution in [-0.2, 0) is 0 Å². The summed E-state index contributed by atoms with van der Waals surface area (Å²) in [4.78, 5) is 0. The van der Waals surface area contributed by atoms with Crippen LogP contribution in [-0.4, -0.2) is 104 Å². The molecule has 0 fully saturated rings. The van der Waals surface area contributed by atoms with E-state index >= 15 is 0 Å². The van der Waals surface area contributed by atoms with E-state index in [2.05, 4.69) is 0 Å². The maximum Gasteiger partial charge on any atom is 0 e. The van der Waals surface area contributed by atoms with E-state index in [-0.39, 0.29) is 104 Å². The van der Waals surface area contributed by atoms with Crippen molar-refractivity contribution in [3.8, 4) is 0 Å². The summed E-state index contributed by atoms with van der Waals surface area (Å²) in [5, 5.41) is 0. The maximum absolute atomic E-state index is 0. The summed E-state index contributed by atoms with van der Waals surface area (Å²) in [5.41, 5.74) is 0. The van der Waals surface area contributed by atoms with Crippen molar-refractivity contribution in [2.75, 3.05) is 0 Å². The van der Waals surface area contributed by atoms with Gasteiger partial charge in [-0.25, -0.2) is 0 Å². The summed E-state index contributed by atoms with van der Waals surface area (Å²) in [6, 6.07) is 0. The van der Waals surface area contributed by atoms with E-state index in [1.165, 1.54) is 0 Å². The van der Waals surface area contributed by atoms with E-state index in [0.717, 1.165) is 0 Å². The average Bonchev–Trinajstić information content (AvgIpc) is 0. The van der Waals surface area contributed by atoms with Crippen LogP contribution in [0.15, 0.2) is 0 Å². The molecule has 0 aromatic carbocycles. The molecule has 0 aliphatic heterocycles. The van der Waals surface area contributed by atoms with E-state index in [1.807, 2.05) is 0 Å². The minimum absolute atomic E-state index is 0. The second-order valence-corrected chi connectivity index (χ2v) is 0. The first-order valence-electron chi connectivity index (χ1n) is 0. The fraction of sp³-hybridized carbons (Fsp3) is 0. The Morgan fingerprint density at radius 2 is 0.400 bits per heavy atom. The largest absolute Gasteiger partial charge is 0 e. The summed E-state index contributed by atoms with van der Waals surface area (Å²) in [6.07, 6.45) is 0. The standard InChI is InChI=1S/2Bi.3Se. The molecule has 0 bridgehead atoms. The minimum atomic E-state index is 0. The maximum atomic E-state index is 0. The third-order valence-corrected chi connectivity index (χ3v) is 0. The molecule has 12 radical (unpaired) electrons. The van der Waals surface area contributed by atoms with Gasteiger partial charge in [-0.3, -0.25) is 0 Å². The van der Waals surface area contributed by atoms with Crippen molar-refractivity contribution in [2.45, 2.75) is 0 Å². The molecule has 0 aromatic heterocycles. The Morgan fingerprint density at radius 3 is 0.400 bits per heavy atom. The molecule has 5 heteroatoms. The molecule has 0 aromatic rings. The van der Waals surface area contributed by atoms with Crippen LogP contribution in [0.4, 0.5) is 0 Å². The van der Waals surface area contributed by atoms with E-state index in [1.54, 1.807) is 0 Å². The van der Waals surface area contributed by atoms with Crippen LogP contribution in [0, 0.1) is 0 Å². The smallest absolute Gasteiger partial charge is 0 e. The zero-order valence-electron chi connectivity index (χ0n) is 2.12. The zero-order chi connectivity index (χ0) is 0. The van der Waals surface area contributed by atoms with E-state index in [0.29, 0.717) is 0 Å². The molecule has 0 aliphatic carbocycles. The van der Waals surface area contributed by atoms with E-state index < -0.39 is 0 Å². The van der Waals surface area contributed by atoms with Crippen molar-refractivity contribution >= 4 is 104 Å². The van der Waals surface area contributed by atoms with Gasteiger partial charge in [-0.1, -0.05) is 0 Å². The van der Waals surface area contributed by atoms with E-state index in [9.17, 15) is 0 Å². The topological polar surface area (TPSA) is 0 Å². The summed E-state index contributed by atoms with van der Waals surface area (Å²) in [5.74, 6) is 0. The van der Waals surface area contributed by atoms with Crippen LogP contribution in [0.2, 0.25) is 0 Å². The first-order chi connectivity index (χ1) is 0. The summed E-state index contributed by atoms with van der Waals surface area (Å²) < 4.78 is 0. The van der Waals surface area contributed by atoms with Crippen molar-refractivity contribution < 1.29 is 0 Å². The van der Waals surface area contributed by atoms with Crippen molar-refractivity contribution in [1.82, 2.24) is 0 Å². The van der Waals surface area contributed by atoms with Gasteiger partial charge in [0.2, 0.25) is 0 Å². The van der Waals surface area contributed by atoms with Gasteiger partial charge in [0.25, 0.3) is 0 Å². The second kappa shape index (κ2) is 26.5. The fourth-order valence-corrected chi connectivity index (χ4v) is 0. The third-order valence-electron chi connectivity index (χ3n) is 0. The molecule has 0 aliphatic rings. The zero-order valence-corrected chi connectivity index (χ0v) is 14.2. The van der Waals surface area contributed by atoms with E-state index in [4.69, 9.17) is 0 Å². The Kier molecular flexibility index (Phi) is 214. The van der Waals surface area contributed by atoms with Gasteiger partial charge in [0.1, 0.15) is 0 Å². The molecule has 0 nitrogen and oxygen atoms in total. The SMILES string of the molecule is [Bi].[Bi].[Se].[Se].[Se]. The Hall–Kier alpha value is 3.32. The summed E-state index contributed by atoms with van der Waals surface area (Å²) in [6.45, 7) is 0. The molecule has 0 saturated heterocycles. The molecule has 0 atom stereocenters. The molecule has 0 amide bonds. The predicted molar refractivity (Wildman–Crippen MR) is 28.8 cm³/mol. The normalized spacial score (nSPS) is 0. The van der Waals surface area contributed by atoms with Crippen LogP contribution >= 0.6 is 0 Å². The van der Waals surface area contributed by atoms with Crippen molar-refractivity contribution in [3.63, 3.8) is 0 Å². The molecular weight excluding hydrogens is 655 g/mol. The third kappa shape index (κ3) is 18.8. The summed E-state index contributed by atoms with van der Waals surface area (Å²) >= 11 is 0. The first-order valence-corrected chi connectivity index (χ1v) is 0. The van der Waals surface area contributed by atoms with Gasteiger partial charge in [0, 0.05) is 104 Å². The van der Waals surface area contributed by atoms with Gasteiger partial charge in [-0.2, -0.15) is 0 Å². The monoisotopic (exact) mass is 658 g/mol. The molecule has 0 unspecified atom stereocenters. The van der Waals surface area contributed by atoms with Crippen molar-refractivity contribution in [3.05, 3.63) is 0 Å². The molecule has 28 valence electrons. The number of hydrogen-bond acceptors (Lipinski definition) is 0. The van der Waals surface area contributed by atoms with Gasteiger partial charge in [0.05, 0.1) is 0 Å². The molecule has 0 N–H and O–H groups in total. The van der Waals surface area contributed by atoms with Crippen molar-refractivity contribution in [1.29, 1.82) is 0 Å². The molecule has 0 heterocycles. The first kappa shape index (κ1) is 40.4. The summed E-state index contributed by atoms with van der Waals surface area (Å²) in [7, 11) is 0. The molecular formula is Bi2Se3. The Bertz CT molecular complexity index is 4.85. The van der Waals surface area contributed by atoms with Crippen LogP contribution in [0.5, 0.6) is 0 Å². The molecule has 0 spiro atoms. The van der Waals surface area contributed by atoms with Crippen LogP contribution in [0.3, 0.4) is 0 Å². The van der Waals surface area contributed by atoms with Gasteiger partial charge < -0.3 is 0 Å². The average molecular weight is 655 g/mol. The molecule has 0 rings (SSSR count). The van der Waals surface area contributed by atoms with Crippen molar-refractivity contribution in [2.24, 2.45) is 0 Å². The Balaban J connectivity index is 0. The van der Waals surface area contributed by atoms with Gasteiger partial charge in [-0.15, -0.1) is 0 Å².